The molecule has 2 amide bonds. The quantitative estimate of drug-likeness (QED) is 0.690. The molecule has 29 heavy (non-hydrogen) atoms. The second-order valence-electron chi connectivity index (χ2n) is 8.67. The second kappa shape index (κ2) is 9.76. The van der Waals surface area contributed by atoms with E-state index < -0.39 is 11.7 Å². The zero-order valence-corrected chi connectivity index (χ0v) is 17.8. The van der Waals surface area contributed by atoms with E-state index in [0.717, 1.165) is 32.1 Å². The molecule has 0 saturated heterocycles. The van der Waals surface area contributed by atoms with E-state index in [1.165, 1.54) is 7.11 Å². The first-order valence-electron chi connectivity index (χ1n) is 10.1. The molecule has 0 spiro atoms. The number of anilines is 1. The molecule has 7 heteroatoms. The number of carbonyl (C=O) groups excluding carboxylic acids is 3. The van der Waals surface area contributed by atoms with E-state index in [1.54, 1.807) is 45.0 Å². The largest absolute Gasteiger partial charge is 0.469 e. The maximum atomic E-state index is 12.9. The summed E-state index contributed by atoms with van der Waals surface area (Å²) in [6.45, 7) is 5.71. The summed E-state index contributed by atoms with van der Waals surface area (Å²) in [6.07, 6.45) is 4.63. The average molecular weight is 405 g/mol. The van der Waals surface area contributed by atoms with Crippen LogP contribution < -0.4 is 10.6 Å². The van der Waals surface area contributed by atoms with E-state index >= 15 is 0 Å². The minimum absolute atomic E-state index is 0.256. The molecule has 2 rings (SSSR count). The molecule has 1 aliphatic carbocycles. The van der Waals surface area contributed by atoms with E-state index in [2.05, 4.69) is 10.6 Å². The third kappa shape index (κ3) is 7.07. The lowest BCUT2D eigenvalue weighted by Crippen LogP contribution is -2.41. The van der Waals surface area contributed by atoms with Crippen LogP contribution in [0.3, 0.4) is 0 Å². The maximum Gasteiger partial charge on any atom is 0.412 e. The molecule has 0 atom stereocenters. The minimum Gasteiger partial charge on any atom is -0.469 e. The minimum atomic E-state index is -0.636. The SMILES string of the molecule is COC(=O)CC1(CNC(=O)c2ccccc2NC(=O)OC(C)(C)C)CCCCC1. The van der Waals surface area contributed by atoms with Crippen LogP contribution in [0.25, 0.3) is 0 Å². The lowest BCUT2D eigenvalue weighted by Gasteiger charge is -2.36. The Hall–Kier alpha value is -2.57. The van der Waals surface area contributed by atoms with Crippen molar-refractivity contribution in [1.82, 2.24) is 5.32 Å². The van der Waals surface area contributed by atoms with Crippen molar-refractivity contribution in [2.75, 3.05) is 19.0 Å². The molecule has 0 bridgehead atoms. The number of amides is 2. The van der Waals surface area contributed by atoms with Gasteiger partial charge in [-0.3, -0.25) is 14.9 Å². The van der Waals surface area contributed by atoms with Crippen molar-refractivity contribution in [3.05, 3.63) is 29.8 Å². The summed E-state index contributed by atoms with van der Waals surface area (Å²) in [5, 5.41) is 5.60. The first-order valence-corrected chi connectivity index (χ1v) is 10.1. The monoisotopic (exact) mass is 404 g/mol. The Kier molecular flexibility index (Phi) is 7.65. The Morgan fingerprint density at radius 3 is 2.34 bits per heavy atom. The summed E-state index contributed by atoms with van der Waals surface area (Å²) in [5.41, 5.74) is -0.191. The highest BCUT2D eigenvalue weighted by Crippen LogP contribution is 2.39. The number of para-hydroxylation sites is 1. The Balaban J connectivity index is 2.08. The summed E-state index contributed by atoms with van der Waals surface area (Å²) in [7, 11) is 1.38. The summed E-state index contributed by atoms with van der Waals surface area (Å²) in [5.74, 6) is -0.556. The van der Waals surface area contributed by atoms with E-state index in [0.29, 0.717) is 24.2 Å². The van der Waals surface area contributed by atoms with E-state index in [1.807, 2.05) is 0 Å². The van der Waals surface area contributed by atoms with Gasteiger partial charge in [0.05, 0.1) is 24.8 Å². The molecule has 1 aliphatic rings. The second-order valence-corrected chi connectivity index (χ2v) is 8.67. The average Bonchev–Trinajstić information content (AvgIpc) is 2.65. The number of esters is 1. The van der Waals surface area contributed by atoms with Crippen molar-refractivity contribution in [3.8, 4) is 0 Å². The van der Waals surface area contributed by atoms with Crippen molar-refractivity contribution >= 4 is 23.7 Å². The molecular weight excluding hydrogens is 372 g/mol. The first kappa shape index (κ1) is 22.7. The fraction of sp³-hybridized carbons (Fsp3) is 0.591. The summed E-state index contributed by atoms with van der Waals surface area (Å²) in [4.78, 5) is 36.8. The van der Waals surface area contributed by atoms with Crippen molar-refractivity contribution < 1.29 is 23.9 Å². The Bertz CT molecular complexity index is 733. The summed E-state index contributed by atoms with van der Waals surface area (Å²) >= 11 is 0. The fourth-order valence-electron chi connectivity index (χ4n) is 3.66. The zero-order chi connectivity index (χ0) is 21.5. The van der Waals surface area contributed by atoms with Gasteiger partial charge in [-0.2, -0.15) is 0 Å². The normalized spacial score (nSPS) is 15.9. The molecular formula is C22H32N2O5. The maximum absolute atomic E-state index is 12.9. The van der Waals surface area contributed by atoms with Crippen LogP contribution in [0, 0.1) is 5.41 Å². The van der Waals surface area contributed by atoms with Crippen molar-refractivity contribution in [2.45, 2.75) is 64.9 Å². The number of rotatable bonds is 6. The highest BCUT2D eigenvalue weighted by molar-refractivity contribution is 6.02. The number of hydrogen-bond donors (Lipinski definition) is 2. The lowest BCUT2D eigenvalue weighted by molar-refractivity contribution is -0.144. The lowest BCUT2D eigenvalue weighted by atomic mass is 9.71. The molecule has 7 nitrogen and oxygen atoms in total. The molecule has 0 aromatic heterocycles. The van der Waals surface area contributed by atoms with Crippen LogP contribution in [0.2, 0.25) is 0 Å². The van der Waals surface area contributed by atoms with Gasteiger partial charge >= 0.3 is 12.1 Å². The zero-order valence-electron chi connectivity index (χ0n) is 17.8. The van der Waals surface area contributed by atoms with Gasteiger partial charge in [-0.05, 0) is 51.2 Å². The summed E-state index contributed by atoms with van der Waals surface area (Å²) in [6, 6.07) is 6.78. The molecule has 0 aliphatic heterocycles. The van der Waals surface area contributed by atoms with Gasteiger partial charge in [-0.15, -0.1) is 0 Å². The van der Waals surface area contributed by atoms with Crippen molar-refractivity contribution in [2.24, 2.45) is 5.41 Å². The van der Waals surface area contributed by atoms with Gasteiger partial charge in [0, 0.05) is 6.54 Å². The van der Waals surface area contributed by atoms with Crippen LogP contribution >= 0.6 is 0 Å². The van der Waals surface area contributed by atoms with Crippen LogP contribution in [-0.2, 0) is 14.3 Å². The van der Waals surface area contributed by atoms with Gasteiger partial charge < -0.3 is 14.8 Å². The van der Waals surface area contributed by atoms with Crippen LogP contribution in [0.4, 0.5) is 10.5 Å². The summed E-state index contributed by atoms with van der Waals surface area (Å²) < 4.78 is 10.1. The van der Waals surface area contributed by atoms with E-state index in [4.69, 9.17) is 9.47 Å². The predicted molar refractivity (Wildman–Crippen MR) is 111 cm³/mol. The number of hydrogen-bond acceptors (Lipinski definition) is 5. The number of methoxy groups -OCH3 is 1. The highest BCUT2D eigenvalue weighted by atomic mass is 16.6. The van der Waals surface area contributed by atoms with Crippen molar-refractivity contribution in [3.63, 3.8) is 0 Å². The van der Waals surface area contributed by atoms with E-state index in [9.17, 15) is 14.4 Å². The van der Waals surface area contributed by atoms with Crippen LogP contribution in [-0.4, -0.2) is 37.2 Å². The number of benzene rings is 1. The third-order valence-corrected chi connectivity index (χ3v) is 5.09. The number of ether oxygens (including phenoxy) is 2. The Morgan fingerprint density at radius 1 is 1.07 bits per heavy atom. The van der Waals surface area contributed by atoms with Gasteiger partial charge in [0.15, 0.2) is 0 Å². The van der Waals surface area contributed by atoms with Crippen LogP contribution in [0.5, 0.6) is 0 Å². The predicted octanol–water partition coefficient (Wildman–Crippen LogP) is 4.28. The highest BCUT2D eigenvalue weighted by Gasteiger charge is 2.35. The van der Waals surface area contributed by atoms with Gasteiger partial charge in [0.25, 0.3) is 5.91 Å². The Labute approximate surface area is 172 Å². The number of carbonyl (C=O) groups is 3. The third-order valence-electron chi connectivity index (χ3n) is 5.09. The van der Waals surface area contributed by atoms with Crippen LogP contribution in [0.1, 0.15) is 69.7 Å². The molecule has 1 aromatic carbocycles. The first-order chi connectivity index (χ1) is 13.6. The smallest absolute Gasteiger partial charge is 0.412 e. The van der Waals surface area contributed by atoms with Crippen LogP contribution in [0.15, 0.2) is 24.3 Å². The van der Waals surface area contributed by atoms with E-state index in [-0.39, 0.29) is 17.3 Å². The topological polar surface area (TPSA) is 93.7 Å². The molecule has 160 valence electrons. The standard InChI is InChI=1S/C22H32N2O5/c1-21(2,3)29-20(27)24-17-11-7-6-10-16(17)19(26)23-15-22(14-18(25)28-4)12-8-5-9-13-22/h6-7,10-11H,5,8-9,12-15H2,1-4H3,(H,23,26)(H,24,27). The molecule has 1 saturated carbocycles. The van der Waals surface area contributed by atoms with Gasteiger partial charge in [0.1, 0.15) is 5.60 Å². The molecule has 2 N–H and O–H groups in total. The Morgan fingerprint density at radius 2 is 1.72 bits per heavy atom. The van der Waals surface area contributed by atoms with Gasteiger partial charge in [-0.25, -0.2) is 4.79 Å². The molecule has 0 heterocycles. The molecule has 1 aromatic rings. The molecule has 0 radical (unpaired) electrons. The fourth-order valence-corrected chi connectivity index (χ4v) is 3.66. The van der Waals surface area contributed by atoms with Gasteiger partial charge in [-0.1, -0.05) is 31.4 Å². The molecule has 0 unspecified atom stereocenters. The molecule has 1 fully saturated rings. The van der Waals surface area contributed by atoms with Gasteiger partial charge in [0.2, 0.25) is 0 Å². The van der Waals surface area contributed by atoms with Crippen molar-refractivity contribution in [1.29, 1.82) is 0 Å². The number of nitrogens with one attached hydrogen (secondary N) is 2.